The number of benzene rings is 1. The molecule has 1 aromatic carbocycles. The van der Waals surface area contributed by atoms with Crippen molar-refractivity contribution < 1.29 is 18.0 Å². The molecule has 0 atom stereocenters. The highest BCUT2D eigenvalue weighted by molar-refractivity contribution is 5.91. The summed E-state index contributed by atoms with van der Waals surface area (Å²) in [5, 5.41) is 2.77. The molecule has 27 heavy (non-hydrogen) atoms. The van der Waals surface area contributed by atoms with Crippen molar-refractivity contribution in [1.29, 1.82) is 0 Å². The molecule has 1 saturated heterocycles. The molecule has 8 heteroatoms. The zero-order valence-corrected chi connectivity index (χ0v) is 15.0. The van der Waals surface area contributed by atoms with Crippen LogP contribution in [0.4, 0.5) is 24.7 Å². The van der Waals surface area contributed by atoms with Crippen LogP contribution in [-0.4, -0.2) is 48.5 Å². The van der Waals surface area contributed by atoms with Crippen molar-refractivity contribution in [1.82, 2.24) is 9.88 Å². The number of anilines is 2. The summed E-state index contributed by atoms with van der Waals surface area (Å²) in [6, 6.07) is 8.83. The second kappa shape index (κ2) is 7.96. The van der Waals surface area contributed by atoms with Crippen molar-refractivity contribution in [2.75, 3.05) is 42.9 Å². The molecule has 5 nitrogen and oxygen atoms in total. The van der Waals surface area contributed by atoms with E-state index in [1.165, 1.54) is 12.1 Å². The summed E-state index contributed by atoms with van der Waals surface area (Å²) >= 11 is 0. The SMILES string of the molecule is Cc1ccc(NC(=O)CN2CCN(c3ccc(C(F)(F)F)cc3)CC2)nc1. The number of halogens is 3. The van der Waals surface area contributed by atoms with Crippen LogP contribution in [0.5, 0.6) is 0 Å². The van der Waals surface area contributed by atoms with Gasteiger partial charge in [0.2, 0.25) is 5.91 Å². The molecule has 3 rings (SSSR count). The van der Waals surface area contributed by atoms with Crippen molar-refractivity contribution in [3.63, 3.8) is 0 Å². The largest absolute Gasteiger partial charge is 0.416 e. The number of nitrogens with one attached hydrogen (secondary N) is 1. The molecular weight excluding hydrogens is 357 g/mol. The van der Waals surface area contributed by atoms with Crippen LogP contribution in [-0.2, 0) is 11.0 Å². The Morgan fingerprint density at radius 1 is 1.07 bits per heavy atom. The van der Waals surface area contributed by atoms with Gasteiger partial charge < -0.3 is 10.2 Å². The Balaban J connectivity index is 1.48. The zero-order valence-electron chi connectivity index (χ0n) is 15.0. The summed E-state index contributed by atoms with van der Waals surface area (Å²) in [6.45, 7) is 4.82. The van der Waals surface area contributed by atoms with E-state index in [1.54, 1.807) is 12.3 Å². The van der Waals surface area contributed by atoms with E-state index in [9.17, 15) is 18.0 Å². The molecule has 1 aliphatic rings. The average Bonchev–Trinajstić information content (AvgIpc) is 2.64. The molecule has 2 aromatic rings. The number of nitrogens with zero attached hydrogens (tertiary/aromatic N) is 3. The zero-order chi connectivity index (χ0) is 19.4. The second-order valence-corrected chi connectivity index (χ2v) is 6.58. The molecule has 1 aromatic heterocycles. The molecule has 0 unspecified atom stereocenters. The Bertz CT molecular complexity index is 767. The van der Waals surface area contributed by atoms with Crippen LogP contribution in [0.1, 0.15) is 11.1 Å². The quantitative estimate of drug-likeness (QED) is 0.888. The van der Waals surface area contributed by atoms with Gasteiger partial charge in [-0.1, -0.05) is 6.07 Å². The van der Waals surface area contributed by atoms with E-state index in [4.69, 9.17) is 0 Å². The predicted molar refractivity (Wildman–Crippen MR) is 97.7 cm³/mol. The summed E-state index contributed by atoms with van der Waals surface area (Å²) in [5.74, 6) is 0.392. The van der Waals surface area contributed by atoms with Gasteiger partial charge in [0.05, 0.1) is 12.1 Å². The molecule has 1 aliphatic heterocycles. The van der Waals surface area contributed by atoms with Crippen LogP contribution in [0, 0.1) is 6.92 Å². The van der Waals surface area contributed by atoms with E-state index >= 15 is 0 Å². The molecule has 0 bridgehead atoms. The van der Waals surface area contributed by atoms with Gasteiger partial charge in [0.1, 0.15) is 5.82 Å². The van der Waals surface area contributed by atoms with Gasteiger partial charge in [0.25, 0.3) is 0 Å². The fraction of sp³-hybridized carbons (Fsp3) is 0.368. The monoisotopic (exact) mass is 378 g/mol. The van der Waals surface area contributed by atoms with Crippen molar-refractivity contribution in [3.05, 3.63) is 53.7 Å². The number of piperazine rings is 1. The summed E-state index contributed by atoms with van der Waals surface area (Å²) in [5.41, 5.74) is 1.13. The predicted octanol–water partition coefficient (Wildman–Crippen LogP) is 3.17. The number of aromatic nitrogens is 1. The summed E-state index contributed by atoms with van der Waals surface area (Å²) in [4.78, 5) is 20.3. The number of aryl methyl sites for hydroxylation is 1. The highest BCUT2D eigenvalue weighted by atomic mass is 19.4. The van der Waals surface area contributed by atoms with E-state index in [1.807, 2.05) is 22.8 Å². The maximum Gasteiger partial charge on any atom is 0.416 e. The third-order valence-electron chi connectivity index (χ3n) is 4.48. The van der Waals surface area contributed by atoms with E-state index in [2.05, 4.69) is 10.3 Å². The lowest BCUT2D eigenvalue weighted by molar-refractivity contribution is -0.137. The van der Waals surface area contributed by atoms with Crippen LogP contribution < -0.4 is 10.2 Å². The fourth-order valence-electron chi connectivity index (χ4n) is 2.95. The molecule has 0 radical (unpaired) electrons. The van der Waals surface area contributed by atoms with Gasteiger partial charge in [0.15, 0.2) is 0 Å². The number of hydrogen-bond acceptors (Lipinski definition) is 4. The second-order valence-electron chi connectivity index (χ2n) is 6.58. The van der Waals surface area contributed by atoms with Gasteiger partial charge in [0, 0.05) is 38.1 Å². The lowest BCUT2D eigenvalue weighted by atomic mass is 10.1. The van der Waals surface area contributed by atoms with E-state index < -0.39 is 11.7 Å². The number of amides is 1. The molecule has 1 fully saturated rings. The Morgan fingerprint density at radius 2 is 1.74 bits per heavy atom. The maximum absolute atomic E-state index is 12.6. The third-order valence-corrected chi connectivity index (χ3v) is 4.48. The highest BCUT2D eigenvalue weighted by Crippen LogP contribution is 2.30. The molecule has 1 N–H and O–H groups in total. The summed E-state index contributed by atoms with van der Waals surface area (Å²) in [7, 11) is 0. The maximum atomic E-state index is 12.6. The van der Waals surface area contributed by atoms with Crippen LogP contribution >= 0.6 is 0 Å². The van der Waals surface area contributed by atoms with Gasteiger partial charge in [-0.3, -0.25) is 9.69 Å². The first-order valence-electron chi connectivity index (χ1n) is 8.68. The number of pyridine rings is 1. The van der Waals surface area contributed by atoms with Gasteiger partial charge in [-0.2, -0.15) is 13.2 Å². The Kier molecular flexibility index (Phi) is 5.65. The van der Waals surface area contributed by atoms with Crippen LogP contribution in [0.3, 0.4) is 0 Å². The first-order chi connectivity index (χ1) is 12.8. The molecule has 0 spiro atoms. The van der Waals surface area contributed by atoms with Gasteiger partial charge in [-0.05, 0) is 42.8 Å². The van der Waals surface area contributed by atoms with Crippen LogP contribution in [0.15, 0.2) is 42.6 Å². The fourth-order valence-corrected chi connectivity index (χ4v) is 2.95. The molecular formula is C19H21F3N4O. The number of hydrogen-bond donors (Lipinski definition) is 1. The van der Waals surface area contributed by atoms with Crippen molar-refractivity contribution in [2.24, 2.45) is 0 Å². The minimum atomic E-state index is -4.32. The topological polar surface area (TPSA) is 48.5 Å². The number of rotatable bonds is 4. The normalized spacial score (nSPS) is 15.6. The molecule has 0 saturated carbocycles. The Labute approximate surface area is 155 Å². The molecule has 144 valence electrons. The highest BCUT2D eigenvalue weighted by Gasteiger charge is 2.30. The van der Waals surface area contributed by atoms with Gasteiger partial charge in [-0.25, -0.2) is 4.98 Å². The minimum absolute atomic E-state index is 0.130. The standard InChI is InChI=1S/C19H21F3N4O/c1-14-2-7-17(23-12-14)24-18(27)13-25-8-10-26(11-9-25)16-5-3-15(4-6-16)19(20,21)22/h2-7,12H,8-11,13H2,1H3,(H,23,24,27). The molecule has 0 aliphatic carbocycles. The lowest BCUT2D eigenvalue weighted by Crippen LogP contribution is -2.48. The van der Waals surface area contributed by atoms with Crippen LogP contribution in [0.25, 0.3) is 0 Å². The van der Waals surface area contributed by atoms with Gasteiger partial charge >= 0.3 is 6.18 Å². The van der Waals surface area contributed by atoms with E-state index in [0.29, 0.717) is 32.0 Å². The Hall–Kier alpha value is -2.61. The van der Waals surface area contributed by atoms with E-state index in [-0.39, 0.29) is 12.5 Å². The van der Waals surface area contributed by atoms with Gasteiger partial charge in [-0.15, -0.1) is 0 Å². The lowest BCUT2D eigenvalue weighted by Gasteiger charge is -2.35. The van der Waals surface area contributed by atoms with Crippen molar-refractivity contribution in [3.8, 4) is 0 Å². The third kappa shape index (κ3) is 5.19. The number of carbonyl (C=O) groups excluding carboxylic acids is 1. The Morgan fingerprint density at radius 3 is 2.30 bits per heavy atom. The van der Waals surface area contributed by atoms with Crippen molar-refractivity contribution in [2.45, 2.75) is 13.1 Å². The summed E-state index contributed by atoms with van der Waals surface area (Å²) in [6.07, 6.45) is -2.63. The smallest absolute Gasteiger partial charge is 0.369 e. The van der Waals surface area contributed by atoms with E-state index in [0.717, 1.165) is 23.4 Å². The molecule has 1 amide bonds. The summed E-state index contributed by atoms with van der Waals surface area (Å²) < 4.78 is 37.9. The number of carbonyl (C=O) groups is 1. The first kappa shape index (κ1) is 19.2. The minimum Gasteiger partial charge on any atom is -0.369 e. The number of alkyl halides is 3. The van der Waals surface area contributed by atoms with Crippen LogP contribution in [0.2, 0.25) is 0 Å². The average molecular weight is 378 g/mol. The molecule has 2 heterocycles. The first-order valence-corrected chi connectivity index (χ1v) is 8.68. The van der Waals surface area contributed by atoms with Crippen molar-refractivity contribution >= 4 is 17.4 Å².